The van der Waals surface area contributed by atoms with Crippen molar-refractivity contribution < 1.29 is 5.11 Å². The smallest absolute Gasteiger partial charge is 0.0867 e. The summed E-state index contributed by atoms with van der Waals surface area (Å²) in [5.74, 6) is 0. The lowest BCUT2D eigenvalue weighted by Gasteiger charge is -2.11. The van der Waals surface area contributed by atoms with E-state index in [1.54, 1.807) is 6.20 Å². The van der Waals surface area contributed by atoms with Crippen molar-refractivity contribution >= 4 is 15.9 Å². The topological polar surface area (TPSA) is 48.9 Å². The van der Waals surface area contributed by atoms with Crippen molar-refractivity contribution in [3.05, 3.63) is 76.4 Å². The van der Waals surface area contributed by atoms with E-state index < -0.39 is 6.10 Å². The summed E-state index contributed by atoms with van der Waals surface area (Å²) in [6.07, 6.45) is 1.68. The second kappa shape index (κ2) is 6.24. The van der Waals surface area contributed by atoms with Crippen molar-refractivity contribution in [2.24, 2.45) is 0 Å². The first-order chi connectivity index (χ1) is 10.2. The minimum Gasteiger partial charge on any atom is -0.388 e. The Kier molecular flexibility index (Phi) is 4.18. The quantitative estimate of drug-likeness (QED) is 0.749. The molecule has 1 aromatic heterocycles. The van der Waals surface area contributed by atoms with Gasteiger partial charge in [0.2, 0.25) is 0 Å². The predicted molar refractivity (Wildman–Crippen MR) is 86.8 cm³/mol. The van der Waals surface area contributed by atoms with E-state index in [2.05, 4.69) is 26.1 Å². The Morgan fingerprint density at radius 3 is 2.48 bits per heavy atom. The number of nitrogens with one attached hydrogen (secondary N) is 1. The molecule has 21 heavy (non-hydrogen) atoms. The van der Waals surface area contributed by atoms with Gasteiger partial charge in [-0.25, -0.2) is 0 Å². The van der Waals surface area contributed by atoms with Gasteiger partial charge in [0.1, 0.15) is 0 Å². The fourth-order valence-corrected chi connectivity index (χ4v) is 2.60. The molecule has 0 amide bonds. The lowest BCUT2D eigenvalue weighted by molar-refractivity contribution is 0.179. The van der Waals surface area contributed by atoms with Crippen molar-refractivity contribution in [3.63, 3.8) is 0 Å². The number of nitrogens with zero attached hydrogens (tertiary/aromatic N) is 1. The van der Waals surface area contributed by atoms with Gasteiger partial charge in [-0.2, -0.15) is 5.10 Å². The molecule has 1 unspecified atom stereocenters. The molecule has 2 N–H and O–H groups in total. The van der Waals surface area contributed by atoms with Crippen molar-refractivity contribution in [1.82, 2.24) is 10.2 Å². The number of aliphatic hydroxyl groups is 1. The fourth-order valence-electron chi connectivity index (χ4n) is 2.34. The third kappa shape index (κ3) is 3.23. The van der Waals surface area contributed by atoms with E-state index in [1.165, 1.54) is 0 Å². The zero-order chi connectivity index (χ0) is 14.7. The fraction of sp³-hybridized carbons (Fsp3) is 0.118. The number of benzene rings is 2. The Labute approximate surface area is 131 Å². The second-order valence-corrected chi connectivity index (χ2v) is 5.83. The number of aromatic nitrogens is 2. The van der Waals surface area contributed by atoms with Gasteiger partial charge in [-0.1, -0.05) is 58.4 Å². The maximum absolute atomic E-state index is 10.5. The van der Waals surface area contributed by atoms with Gasteiger partial charge in [0.05, 0.1) is 18.0 Å². The first kappa shape index (κ1) is 14.0. The molecule has 0 radical (unpaired) electrons. The molecule has 0 spiro atoms. The molecular formula is C17H15BrN2O. The standard InChI is InChI=1S/C17H15BrN2O/c18-14-8-6-12(7-9-14)10-16(21)15-11-19-20-17(15)13-4-2-1-3-5-13/h1-9,11,16,21H,10H2,(H,19,20). The summed E-state index contributed by atoms with van der Waals surface area (Å²) in [4.78, 5) is 0. The Bertz CT molecular complexity index is 707. The van der Waals surface area contributed by atoms with Crippen LogP contribution in [0, 0.1) is 0 Å². The van der Waals surface area contributed by atoms with E-state index in [9.17, 15) is 5.11 Å². The monoisotopic (exact) mass is 342 g/mol. The molecule has 0 saturated carbocycles. The van der Waals surface area contributed by atoms with Crippen LogP contribution in [0.4, 0.5) is 0 Å². The van der Waals surface area contributed by atoms with Crippen LogP contribution in [0.2, 0.25) is 0 Å². The first-order valence-electron chi connectivity index (χ1n) is 6.75. The Morgan fingerprint density at radius 1 is 1.05 bits per heavy atom. The minimum absolute atomic E-state index is 0.562. The van der Waals surface area contributed by atoms with Gasteiger partial charge < -0.3 is 5.11 Å². The Balaban J connectivity index is 1.84. The van der Waals surface area contributed by atoms with E-state index in [-0.39, 0.29) is 0 Å². The number of rotatable bonds is 4. The molecule has 3 rings (SSSR count). The number of halogens is 1. The normalized spacial score (nSPS) is 12.3. The maximum atomic E-state index is 10.5. The lowest BCUT2D eigenvalue weighted by Crippen LogP contribution is -2.02. The van der Waals surface area contributed by atoms with Crippen molar-refractivity contribution in [2.45, 2.75) is 12.5 Å². The van der Waals surface area contributed by atoms with Crippen LogP contribution in [0.1, 0.15) is 17.2 Å². The SMILES string of the molecule is OC(Cc1ccc(Br)cc1)c1cn[nH]c1-c1ccccc1. The largest absolute Gasteiger partial charge is 0.388 e. The number of H-pyrrole nitrogens is 1. The summed E-state index contributed by atoms with van der Waals surface area (Å²) in [5.41, 5.74) is 3.81. The van der Waals surface area contributed by atoms with Crippen LogP contribution in [0.3, 0.4) is 0 Å². The van der Waals surface area contributed by atoms with Crippen LogP contribution in [0.15, 0.2) is 65.3 Å². The predicted octanol–water partition coefficient (Wildman–Crippen LogP) is 4.12. The van der Waals surface area contributed by atoms with Gasteiger partial charge in [0.25, 0.3) is 0 Å². The van der Waals surface area contributed by atoms with Gasteiger partial charge >= 0.3 is 0 Å². The van der Waals surface area contributed by atoms with E-state index in [0.717, 1.165) is 26.9 Å². The third-order valence-corrected chi connectivity index (χ3v) is 3.96. The van der Waals surface area contributed by atoms with Crippen LogP contribution < -0.4 is 0 Å². The van der Waals surface area contributed by atoms with Gasteiger partial charge in [-0.05, 0) is 23.3 Å². The molecule has 0 fully saturated rings. The summed E-state index contributed by atoms with van der Waals surface area (Å²) in [7, 11) is 0. The van der Waals surface area contributed by atoms with Gasteiger partial charge in [-0.3, -0.25) is 5.10 Å². The summed E-state index contributed by atoms with van der Waals surface area (Å²) in [6.45, 7) is 0. The van der Waals surface area contributed by atoms with Crippen molar-refractivity contribution in [3.8, 4) is 11.3 Å². The van der Waals surface area contributed by atoms with Crippen LogP contribution in [0.25, 0.3) is 11.3 Å². The zero-order valence-electron chi connectivity index (χ0n) is 11.3. The Hall–Kier alpha value is -1.91. The highest BCUT2D eigenvalue weighted by Gasteiger charge is 2.16. The first-order valence-corrected chi connectivity index (χ1v) is 7.54. The molecular weight excluding hydrogens is 328 g/mol. The molecule has 1 heterocycles. The van der Waals surface area contributed by atoms with Crippen LogP contribution in [-0.2, 0) is 6.42 Å². The maximum Gasteiger partial charge on any atom is 0.0867 e. The second-order valence-electron chi connectivity index (χ2n) is 4.91. The summed E-state index contributed by atoms with van der Waals surface area (Å²) in [5, 5.41) is 17.6. The van der Waals surface area contributed by atoms with E-state index in [0.29, 0.717) is 6.42 Å². The summed E-state index contributed by atoms with van der Waals surface area (Å²) < 4.78 is 1.04. The molecule has 3 aromatic rings. The average Bonchev–Trinajstić information content (AvgIpc) is 3.00. The van der Waals surface area contributed by atoms with E-state index in [4.69, 9.17) is 0 Å². The molecule has 0 aliphatic heterocycles. The van der Waals surface area contributed by atoms with E-state index in [1.807, 2.05) is 54.6 Å². The lowest BCUT2D eigenvalue weighted by atomic mass is 9.99. The molecule has 0 bridgehead atoms. The van der Waals surface area contributed by atoms with Gasteiger partial charge in [0, 0.05) is 16.5 Å². The Morgan fingerprint density at radius 2 is 1.76 bits per heavy atom. The number of hydrogen-bond acceptors (Lipinski definition) is 2. The summed E-state index contributed by atoms with van der Waals surface area (Å²) >= 11 is 3.42. The summed E-state index contributed by atoms with van der Waals surface area (Å²) in [6, 6.07) is 17.9. The highest BCUT2D eigenvalue weighted by molar-refractivity contribution is 9.10. The highest BCUT2D eigenvalue weighted by atomic mass is 79.9. The molecule has 0 saturated heterocycles. The van der Waals surface area contributed by atoms with Crippen LogP contribution >= 0.6 is 15.9 Å². The zero-order valence-corrected chi connectivity index (χ0v) is 12.9. The molecule has 106 valence electrons. The average molecular weight is 343 g/mol. The van der Waals surface area contributed by atoms with E-state index >= 15 is 0 Å². The van der Waals surface area contributed by atoms with Gasteiger partial charge in [0.15, 0.2) is 0 Å². The molecule has 3 nitrogen and oxygen atoms in total. The van der Waals surface area contributed by atoms with Gasteiger partial charge in [-0.15, -0.1) is 0 Å². The minimum atomic E-state index is -0.583. The van der Waals surface area contributed by atoms with Crippen molar-refractivity contribution in [1.29, 1.82) is 0 Å². The van der Waals surface area contributed by atoms with Crippen LogP contribution in [-0.4, -0.2) is 15.3 Å². The number of hydrogen-bond donors (Lipinski definition) is 2. The molecule has 1 atom stereocenters. The molecule has 0 aliphatic rings. The number of aromatic amines is 1. The molecule has 2 aromatic carbocycles. The third-order valence-electron chi connectivity index (χ3n) is 3.43. The number of aliphatic hydroxyl groups excluding tert-OH is 1. The van der Waals surface area contributed by atoms with Crippen LogP contribution in [0.5, 0.6) is 0 Å². The molecule has 4 heteroatoms. The highest BCUT2D eigenvalue weighted by Crippen LogP contribution is 2.28. The van der Waals surface area contributed by atoms with Crippen molar-refractivity contribution in [2.75, 3.05) is 0 Å². The molecule has 0 aliphatic carbocycles.